The predicted molar refractivity (Wildman–Crippen MR) is 74.1 cm³/mol. The Kier molecular flexibility index (Phi) is 4.38. The number of hydrogen-bond donors (Lipinski definition) is 2. The third-order valence-corrected chi connectivity index (χ3v) is 4.71. The number of anilines is 1. The molecule has 106 valence electrons. The van der Waals surface area contributed by atoms with Crippen LogP contribution in [0.4, 0.5) is 5.69 Å². The van der Waals surface area contributed by atoms with Gasteiger partial charge in [-0.25, -0.2) is 18.1 Å². The fraction of sp³-hybridized carbons (Fsp3) is 0.583. The van der Waals surface area contributed by atoms with Crippen molar-refractivity contribution in [1.82, 2.24) is 14.6 Å². The minimum Gasteiger partial charge on any atom is -0.396 e. The first-order chi connectivity index (χ1) is 8.99. The lowest BCUT2D eigenvalue weighted by atomic mass is 10.3. The minimum absolute atomic E-state index is 0.0942. The van der Waals surface area contributed by atoms with Gasteiger partial charge in [-0.1, -0.05) is 0 Å². The van der Waals surface area contributed by atoms with E-state index in [0.29, 0.717) is 6.54 Å². The third kappa shape index (κ3) is 3.65. The normalized spacial score (nSPS) is 18.6. The second-order valence-electron chi connectivity index (χ2n) is 4.93. The van der Waals surface area contributed by atoms with Crippen molar-refractivity contribution in [2.24, 2.45) is 0 Å². The second-order valence-corrected chi connectivity index (χ2v) is 6.56. The van der Waals surface area contributed by atoms with Crippen molar-refractivity contribution in [2.75, 3.05) is 25.4 Å². The highest BCUT2D eigenvalue weighted by Crippen LogP contribution is 2.14. The number of hydrogen-bond acceptors (Lipinski definition) is 5. The summed E-state index contributed by atoms with van der Waals surface area (Å²) < 4.78 is 27.0. The Bertz CT molecular complexity index is 526. The monoisotopic (exact) mass is 284 g/mol. The van der Waals surface area contributed by atoms with Gasteiger partial charge < -0.3 is 10.6 Å². The van der Waals surface area contributed by atoms with Crippen molar-refractivity contribution in [3.8, 4) is 0 Å². The molecule has 0 bridgehead atoms. The fourth-order valence-corrected chi connectivity index (χ4v) is 3.63. The lowest BCUT2D eigenvalue weighted by molar-refractivity contribution is 0.312. The summed E-state index contributed by atoms with van der Waals surface area (Å²) in [4.78, 5) is 6.10. The fourth-order valence-electron chi connectivity index (χ4n) is 2.34. The summed E-state index contributed by atoms with van der Waals surface area (Å²) >= 11 is 0. The smallest absolute Gasteiger partial charge is 0.260 e. The molecular weight excluding hydrogens is 264 g/mol. The maximum atomic E-state index is 12.2. The molecule has 0 saturated carbocycles. The van der Waals surface area contributed by atoms with Gasteiger partial charge >= 0.3 is 0 Å². The van der Waals surface area contributed by atoms with Gasteiger partial charge in [0.2, 0.25) is 0 Å². The van der Waals surface area contributed by atoms with Gasteiger partial charge in [-0.3, -0.25) is 0 Å². The van der Waals surface area contributed by atoms with Crippen LogP contribution in [0.3, 0.4) is 0 Å². The SMILES string of the molecule is CC(CN1CCCC1)NS(=O)(=O)c1ncccc1N. The topological polar surface area (TPSA) is 88.3 Å². The minimum atomic E-state index is -3.64. The molecule has 1 atom stereocenters. The summed E-state index contributed by atoms with van der Waals surface area (Å²) in [6.45, 7) is 4.65. The molecule has 0 radical (unpaired) electrons. The van der Waals surface area contributed by atoms with Crippen molar-refractivity contribution in [2.45, 2.75) is 30.8 Å². The van der Waals surface area contributed by atoms with Crippen LogP contribution >= 0.6 is 0 Å². The molecule has 2 rings (SSSR count). The summed E-state index contributed by atoms with van der Waals surface area (Å²) in [6.07, 6.45) is 3.80. The first-order valence-corrected chi connectivity index (χ1v) is 7.92. The molecule has 1 aromatic rings. The molecule has 19 heavy (non-hydrogen) atoms. The zero-order chi connectivity index (χ0) is 13.9. The van der Waals surface area contributed by atoms with Gasteiger partial charge in [0.05, 0.1) is 5.69 Å². The zero-order valence-electron chi connectivity index (χ0n) is 11.0. The molecule has 1 fully saturated rings. The maximum Gasteiger partial charge on any atom is 0.260 e. The Hall–Kier alpha value is -1.18. The number of rotatable bonds is 5. The van der Waals surface area contributed by atoms with Gasteiger partial charge in [-0.2, -0.15) is 0 Å². The van der Waals surface area contributed by atoms with E-state index in [2.05, 4.69) is 14.6 Å². The number of aromatic nitrogens is 1. The van der Waals surface area contributed by atoms with Crippen LogP contribution in [0.5, 0.6) is 0 Å². The zero-order valence-corrected chi connectivity index (χ0v) is 11.9. The van der Waals surface area contributed by atoms with Gasteiger partial charge in [0, 0.05) is 18.8 Å². The largest absolute Gasteiger partial charge is 0.396 e. The molecule has 0 aromatic carbocycles. The molecule has 2 heterocycles. The number of nitrogens with two attached hydrogens (primary N) is 1. The number of pyridine rings is 1. The maximum absolute atomic E-state index is 12.2. The summed E-state index contributed by atoms with van der Waals surface area (Å²) in [7, 11) is -3.64. The molecule has 6 nitrogen and oxygen atoms in total. The molecule has 0 amide bonds. The van der Waals surface area contributed by atoms with Crippen LogP contribution in [-0.2, 0) is 10.0 Å². The Morgan fingerprint density at radius 3 is 2.79 bits per heavy atom. The van der Waals surface area contributed by atoms with Gasteiger partial charge in [0.15, 0.2) is 5.03 Å². The molecular formula is C12H20N4O2S. The van der Waals surface area contributed by atoms with E-state index >= 15 is 0 Å². The summed E-state index contributed by atoms with van der Waals surface area (Å²) in [5.74, 6) is 0. The van der Waals surface area contributed by atoms with E-state index in [1.54, 1.807) is 6.07 Å². The van der Waals surface area contributed by atoms with E-state index in [9.17, 15) is 8.42 Å². The van der Waals surface area contributed by atoms with Crippen molar-refractivity contribution in [3.05, 3.63) is 18.3 Å². The average molecular weight is 284 g/mol. The number of nitrogens with zero attached hydrogens (tertiary/aromatic N) is 2. The van der Waals surface area contributed by atoms with Crippen LogP contribution in [-0.4, -0.2) is 44.0 Å². The van der Waals surface area contributed by atoms with E-state index in [-0.39, 0.29) is 16.8 Å². The lowest BCUT2D eigenvalue weighted by Crippen LogP contribution is -2.41. The first-order valence-electron chi connectivity index (χ1n) is 6.44. The lowest BCUT2D eigenvalue weighted by Gasteiger charge is -2.21. The van der Waals surface area contributed by atoms with E-state index in [0.717, 1.165) is 13.1 Å². The quantitative estimate of drug-likeness (QED) is 0.818. The molecule has 3 N–H and O–H groups in total. The van der Waals surface area contributed by atoms with Gasteiger partial charge in [-0.15, -0.1) is 0 Å². The van der Waals surface area contributed by atoms with Crippen LogP contribution in [0.2, 0.25) is 0 Å². The van der Waals surface area contributed by atoms with Gasteiger partial charge in [-0.05, 0) is 45.0 Å². The first kappa shape index (κ1) is 14.2. The Morgan fingerprint density at radius 1 is 1.47 bits per heavy atom. The molecule has 1 aromatic heterocycles. The molecule has 1 unspecified atom stereocenters. The molecule has 7 heteroatoms. The highest BCUT2D eigenvalue weighted by atomic mass is 32.2. The summed E-state index contributed by atoms with van der Waals surface area (Å²) in [5.41, 5.74) is 5.82. The van der Waals surface area contributed by atoms with E-state index in [4.69, 9.17) is 5.73 Å². The summed E-state index contributed by atoms with van der Waals surface area (Å²) in [6, 6.07) is 2.99. The van der Waals surface area contributed by atoms with Crippen LogP contribution in [0.25, 0.3) is 0 Å². The average Bonchev–Trinajstić information content (AvgIpc) is 2.81. The van der Waals surface area contributed by atoms with Crippen molar-refractivity contribution < 1.29 is 8.42 Å². The predicted octanol–water partition coefficient (Wildman–Crippen LogP) is 0.426. The van der Waals surface area contributed by atoms with Crippen molar-refractivity contribution in [1.29, 1.82) is 0 Å². The highest BCUT2D eigenvalue weighted by molar-refractivity contribution is 7.89. The highest BCUT2D eigenvalue weighted by Gasteiger charge is 2.23. The van der Waals surface area contributed by atoms with Crippen LogP contribution in [0.15, 0.2) is 23.4 Å². The molecule has 1 saturated heterocycles. The number of nitrogen functional groups attached to an aromatic ring is 1. The standard InChI is InChI=1S/C12H20N4O2S/c1-10(9-16-7-2-3-8-16)15-19(17,18)12-11(13)5-4-6-14-12/h4-6,10,15H,2-3,7-9,13H2,1H3. The van der Waals surface area contributed by atoms with E-state index < -0.39 is 10.0 Å². The number of nitrogens with one attached hydrogen (secondary N) is 1. The Labute approximate surface area is 114 Å². The van der Waals surface area contributed by atoms with Crippen LogP contribution in [0, 0.1) is 0 Å². The number of sulfonamides is 1. The van der Waals surface area contributed by atoms with E-state index in [1.165, 1.54) is 25.1 Å². The number of likely N-dealkylation sites (tertiary alicyclic amines) is 1. The third-order valence-electron chi connectivity index (χ3n) is 3.14. The summed E-state index contributed by atoms with van der Waals surface area (Å²) in [5, 5.41) is -0.0942. The molecule has 1 aliphatic rings. The van der Waals surface area contributed by atoms with Crippen LogP contribution < -0.4 is 10.5 Å². The molecule has 0 aliphatic carbocycles. The molecule has 0 spiro atoms. The Balaban J connectivity index is 2.02. The Morgan fingerprint density at radius 2 is 2.16 bits per heavy atom. The van der Waals surface area contributed by atoms with Crippen molar-refractivity contribution in [3.63, 3.8) is 0 Å². The van der Waals surface area contributed by atoms with Crippen molar-refractivity contribution >= 4 is 15.7 Å². The van der Waals surface area contributed by atoms with Gasteiger partial charge in [0.1, 0.15) is 0 Å². The second kappa shape index (κ2) is 5.85. The van der Waals surface area contributed by atoms with E-state index in [1.807, 2.05) is 6.92 Å². The van der Waals surface area contributed by atoms with Gasteiger partial charge in [0.25, 0.3) is 10.0 Å². The molecule has 1 aliphatic heterocycles. The van der Waals surface area contributed by atoms with Crippen LogP contribution in [0.1, 0.15) is 19.8 Å².